The molecule has 1 heterocycles. The Morgan fingerprint density at radius 2 is 2.05 bits per heavy atom. The molecule has 1 N–H and O–H groups in total. The van der Waals surface area contributed by atoms with Gasteiger partial charge in [0.05, 0.1) is 6.61 Å². The SMILES string of the molecule is CC(C)(C)OC(=O)N(CC1CCN(CCO)C1)C1CC1. The Kier molecular flexibility index (Phi) is 4.91. The van der Waals surface area contributed by atoms with Crippen molar-refractivity contribution in [2.75, 3.05) is 32.8 Å². The molecule has 1 amide bonds. The first kappa shape index (κ1) is 15.6. The van der Waals surface area contributed by atoms with Gasteiger partial charge < -0.3 is 19.6 Å². The molecule has 1 aliphatic carbocycles. The maximum absolute atomic E-state index is 12.3. The number of nitrogens with zero attached hydrogens (tertiary/aromatic N) is 2. The van der Waals surface area contributed by atoms with Crippen molar-refractivity contribution in [1.29, 1.82) is 0 Å². The summed E-state index contributed by atoms with van der Waals surface area (Å²) in [6.45, 7) is 9.49. The molecule has 0 radical (unpaired) electrons. The van der Waals surface area contributed by atoms with Crippen LogP contribution in [0.2, 0.25) is 0 Å². The lowest BCUT2D eigenvalue weighted by molar-refractivity contribution is 0.0204. The summed E-state index contributed by atoms with van der Waals surface area (Å²) in [5.74, 6) is 0.509. The molecule has 0 aromatic carbocycles. The summed E-state index contributed by atoms with van der Waals surface area (Å²) in [4.78, 5) is 16.5. The predicted molar refractivity (Wildman–Crippen MR) is 77.6 cm³/mol. The molecule has 0 aromatic heterocycles. The molecule has 5 heteroatoms. The van der Waals surface area contributed by atoms with E-state index >= 15 is 0 Å². The molecule has 1 unspecified atom stereocenters. The Bertz CT molecular complexity index is 337. The fraction of sp³-hybridized carbons (Fsp3) is 0.933. The molecule has 2 aliphatic rings. The van der Waals surface area contributed by atoms with Gasteiger partial charge >= 0.3 is 6.09 Å². The Labute approximate surface area is 121 Å². The van der Waals surface area contributed by atoms with E-state index in [-0.39, 0.29) is 12.7 Å². The Balaban J connectivity index is 1.85. The number of likely N-dealkylation sites (tertiary alicyclic amines) is 1. The molecule has 2 rings (SSSR count). The van der Waals surface area contributed by atoms with Gasteiger partial charge in [-0.3, -0.25) is 0 Å². The molecule has 5 nitrogen and oxygen atoms in total. The zero-order valence-corrected chi connectivity index (χ0v) is 13.0. The maximum atomic E-state index is 12.3. The van der Waals surface area contributed by atoms with Crippen molar-refractivity contribution >= 4 is 6.09 Å². The minimum atomic E-state index is -0.428. The maximum Gasteiger partial charge on any atom is 0.410 e. The van der Waals surface area contributed by atoms with Crippen LogP contribution in [0, 0.1) is 5.92 Å². The van der Waals surface area contributed by atoms with Crippen molar-refractivity contribution in [2.45, 2.75) is 51.7 Å². The summed E-state index contributed by atoms with van der Waals surface area (Å²) in [7, 11) is 0. The Morgan fingerprint density at radius 3 is 2.60 bits per heavy atom. The second-order valence-corrected chi connectivity index (χ2v) is 7.04. The van der Waals surface area contributed by atoms with Crippen LogP contribution < -0.4 is 0 Å². The number of rotatable bonds is 5. The van der Waals surface area contributed by atoms with Gasteiger partial charge in [0.15, 0.2) is 0 Å². The lowest BCUT2D eigenvalue weighted by Gasteiger charge is -2.29. The van der Waals surface area contributed by atoms with Crippen LogP contribution in [0.4, 0.5) is 4.79 Å². The molecule has 0 bridgehead atoms. The zero-order chi connectivity index (χ0) is 14.8. The number of carbonyl (C=O) groups excluding carboxylic acids is 1. The third kappa shape index (κ3) is 4.63. The van der Waals surface area contributed by atoms with E-state index < -0.39 is 5.60 Å². The molecule has 116 valence electrons. The number of amides is 1. The van der Waals surface area contributed by atoms with Crippen LogP contribution in [0.3, 0.4) is 0 Å². The largest absolute Gasteiger partial charge is 0.444 e. The van der Waals surface area contributed by atoms with E-state index in [1.54, 1.807) is 0 Å². The quantitative estimate of drug-likeness (QED) is 0.835. The summed E-state index contributed by atoms with van der Waals surface area (Å²) in [6, 6.07) is 0.386. The molecule has 0 spiro atoms. The highest BCUT2D eigenvalue weighted by atomic mass is 16.6. The van der Waals surface area contributed by atoms with Crippen molar-refractivity contribution in [3.05, 3.63) is 0 Å². The number of carbonyl (C=O) groups is 1. The second-order valence-electron chi connectivity index (χ2n) is 7.04. The summed E-state index contributed by atoms with van der Waals surface area (Å²) in [6.07, 6.45) is 3.14. The number of aliphatic hydroxyl groups excluding tert-OH is 1. The van der Waals surface area contributed by atoms with Crippen LogP contribution in [-0.2, 0) is 4.74 Å². The van der Waals surface area contributed by atoms with Crippen molar-refractivity contribution in [2.24, 2.45) is 5.92 Å². The van der Waals surface area contributed by atoms with E-state index in [4.69, 9.17) is 9.84 Å². The van der Waals surface area contributed by atoms with Gasteiger partial charge in [-0.25, -0.2) is 4.79 Å². The second kappa shape index (κ2) is 6.31. The summed E-state index contributed by atoms with van der Waals surface area (Å²) in [5, 5.41) is 8.98. The zero-order valence-electron chi connectivity index (χ0n) is 13.0. The number of aliphatic hydroxyl groups is 1. The van der Waals surface area contributed by atoms with Crippen molar-refractivity contribution in [3.63, 3.8) is 0 Å². The minimum Gasteiger partial charge on any atom is -0.444 e. The van der Waals surface area contributed by atoms with Crippen LogP contribution in [0.1, 0.15) is 40.0 Å². The van der Waals surface area contributed by atoms with E-state index in [9.17, 15) is 4.79 Å². The van der Waals surface area contributed by atoms with Crippen LogP contribution in [0.5, 0.6) is 0 Å². The molecule has 1 aliphatic heterocycles. The van der Waals surface area contributed by atoms with E-state index in [1.807, 2.05) is 25.7 Å². The first-order chi connectivity index (χ1) is 9.39. The molecular formula is C15H28N2O3. The molecule has 1 saturated heterocycles. The van der Waals surface area contributed by atoms with E-state index in [0.717, 1.165) is 45.4 Å². The van der Waals surface area contributed by atoms with Crippen LogP contribution in [-0.4, -0.2) is 65.4 Å². The van der Waals surface area contributed by atoms with Gasteiger partial charge in [0.1, 0.15) is 5.60 Å². The highest BCUT2D eigenvalue weighted by Crippen LogP contribution is 2.30. The average molecular weight is 284 g/mol. The molecule has 1 atom stereocenters. The molecule has 20 heavy (non-hydrogen) atoms. The minimum absolute atomic E-state index is 0.166. The Hall–Kier alpha value is -0.810. The topological polar surface area (TPSA) is 53.0 Å². The van der Waals surface area contributed by atoms with Crippen LogP contribution >= 0.6 is 0 Å². The predicted octanol–water partition coefficient (Wildman–Crippen LogP) is 1.70. The third-order valence-electron chi connectivity index (χ3n) is 3.86. The highest BCUT2D eigenvalue weighted by Gasteiger charge is 2.37. The van der Waals surface area contributed by atoms with Gasteiger partial charge in [-0.05, 0) is 52.5 Å². The molecular weight excluding hydrogens is 256 g/mol. The van der Waals surface area contributed by atoms with E-state index in [2.05, 4.69) is 4.90 Å². The van der Waals surface area contributed by atoms with Crippen molar-refractivity contribution in [3.8, 4) is 0 Å². The first-order valence-corrected chi connectivity index (χ1v) is 7.72. The summed E-state index contributed by atoms with van der Waals surface area (Å²) >= 11 is 0. The van der Waals surface area contributed by atoms with E-state index in [0.29, 0.717) is 12.0 Å². The number of β-amino-alcohol motifs (C(OH)–C–C–N with tert-alkyl or cyclic N) is 1. The van der Waals surface area contributed by atoms with Gasteiger partial charge in [-0.1, -0.05) is 0 Å². The Morgan fingerprint density at radius 1 is 1.35 bits per heavy atom. The third-order valence-corrected chi connectivity index (χ3v) is 3.86. The van der Waals surface area contributed by atoms with E-state index in [1.165, 1.54) is 0 Å². The van der Waals surface area contributed by atoms with Gasteiger partial charge in [0.25, 0.3) is 0 Å². The number of hydrogen-bond donors (Lipinski definition) is 1. The monoisotopic (exact) mass is 284 g/mol. The fourth-order valence-electron chi connectivity index (χ4n) is 2.76. The average Bonchev–Trinajstić information content (AvgIpc) is 3.06. The fourth-order valence-corrected chi connectivity index (χ4v) is 2.76. The van der Waals surface area contributed by atoms with Gasteiger partial charge in [0.2, 0.25) is 0 Å². The van der Waals surface area contributed by atoms with Crippen molar-refractivity contribution in [1.82, 2.24) is 9.80 Å². The summed E-state index contributed by atoms with van der Waals surface area (Å²) < 4.78 is 5.52. The first-order valence-electron chi connectivity index (χ1n) is 7.72. The lowest BCUT2D eigenvalue weighted by Crippen LogP contribution is -2.41. The van der Waals surface area contributed by atoms with Gasteiger partial charge in [-0.15, -0.1) is 0 Å². The van der Waals surface area contributed by atoms with Gasteiger partial charge in [0, 0.05) is 25.7 Å². The standard InChI is InChI=1S/C15H28N2O3/c1-15(2,3)20-14(19)17(13-4-5-13)11-12-6-7-16(10-12)8-9-18/h12-13,18H,4-11H2,1-3H3. The molecule has 1 saturated carbocycles. The highest BCUT2D eigenvalue weighted by molar-refractivity contribution is 5.69. The molecule has 0 aromatic rings. The van der Waals surface area contributed by atoms with Crippen LogP contribution in [0.15, 0.2) is 0 Å². The smallest absolute Gasteiger partial charge is 0.410 e. The number of ether oxygens (including phenoxy) is 1. The summed E-state index contributed by atoms with van der Waals surface area (Å²) in [5.41, 5.74) is -0.428. The molecule has 2 fully saturated rings. The van der Waals surface area contributed by atoms with Crippen LogP contribution in [0.25, 0.3) is 0 Å². The van der Waals surface area contributed by atoms with Crippen molar-refractivity contribution < 1.29 is 14.6 Å². The van der Waals surface area contributed by atoms with Gasteiger partial charge in [-0.2, -0.15) is 0 Å². The number of hydrogen-bond acceptors (Lipinski definition) is 4. The lowest BCUT2D eigenvalue weighted by atomic mass is 10.1. The normalized spacial score (nSPS) is 23.9.